The first-order chi connectivity index (χ1) is 14.8. The molecule has 3 N–H and O–H groups in total. The molecular weight excluding hydrogens is 408 g/mol. The van der Waals surface area contributed by atoms with E-state index in [1.54, 1.807) is 0 Å². The third-order valence-corrected chi connectivity index (χ3v) is 6.31. The number of amides is 2. The average molecular weight is 437 g/mol. The number of ether oxygens (including phenoxy) is 1. The third kappa shape index (κ3) is 5.52. The highest BCUT2D eigenvalue weighted by atomic mass is 32.1. The first kappa shape index (κ1) is 22.6. The molecule has 0 radical (unpaired) electrons. The first-order valence-corrected chi connectivity index (χ1v) is 11.1. The molecule has 0 aliphatic rings. The van der Waals surface area contributed by atoms with Crippen molar-refractivity contribution in [3.8, 4) is 5.75 Å². The first-order valence-electron chi connectivity index (χ1n) is 10.3. The lowest BCUT2D eigenvalue weighted by Gasteiger charge is -2.14. The van der Waals surface area contributed by atoms with Crippen LogP contribution in [0, 0.1) is 13.8 Å². The summed E-state index contributed by atoms with van der Waals surface area (Å²) in [5.41, 5.74) is 10.0. The largest absolute Gasteiger partial charge is 0.483 e. The van der Waals surface area contributed by atoms with Crippen molar-refractivity contribution in [3.63, 3.8) is 0 Å². The zero-order valence-corrected chi connectivity index (χ0v) is 19.1. The lowest BCUT2D eigenvalue weighted by Crippen LogP contribution is -2.22. The minimum atomic E-state index is -0.551. The van der Waals surface area contributed by atoms with Crippen molar-refractivity contribution < 1.29 is 14.3 Å². The molecule has 31 heavy (non-hydrogen) atoms. The molecule has 2 amide bonds. The van der Waals surface area contributed by atoms with Crippen molar-refractivity contribution >= 4 is 28.2 Å². The van der Waals surface area contributed by atoms with E-state index in [-0.39, 0.29) is 18.4 Å². The number of hydrogen-bond donors (Lipinski definition) is 2. The number of nitrogens with two attached hydrogens (primary N) is 1. The quantitative estimate of drug-likeness (QED) is 0.509. The molecule has 0 spiro atoms. The second-order valence-electron chi connectivity index (χ2n) is 7.91. The van der Waals surface area contributed by atoms with Gasteiger partial charge >= 0.3 is 0 Å². The Kier molecular flexibility index (Phi) is 7.13. The van der Waals surface area contributed by atoms with Crippen LogP contribution in [0.5, 0.6) is 5.75 Å². The summed E-state index contributed by atoms with van der Waals surface area (Å²) in [6.45, 7) is 7.87. The van der Waals surface area contributed by atoms with Crippen molar-refractivity contribution in [2.45, 2.75) is 40.0 Å². The molecule has 1 aromatic heterocycles. The molecule has 0 aliphatic heterocycles. The van der Waals surface area contributed by atoms with Gasteiger partial charge in [-0.25, -0.2) is 0 Å². The van der Waals surface area contributed by atoms with Crippen LogP contribution in [0.25, 0.3) is 0 Å². The fourth-order valence-electron chi connectivity index (χ4n) is 3.44. The van der Waals surface area contributed by atoms with E-state index < -0.39 is 5.91 Å². The second kappa shape index (κ2) is 9.79. The molecule has 2 aromatic carbocycles. The van der Waals surface area contributed by atoms with E-state index >= 15 is 0 Å². The molecule has 0 fully saturated rings. The van der Waals surface area contributed by atoms with Crippen LogP contribution in [0.1, 0.15) is 57.3 Å². The number of primary amides is 1. The number of nitrogens with one attached hydrogen (secondary N) is 1. The second-order valence-corrected chi connectivity index (χ2v) is 9.02. The van der Waals surface area contributed by atoms with Gasteiger partial charge in [0.2, 0.25) is 0 Å². The zero-order valence-electron chi connectivity index (χ0n) is 18.3. The summed E-state index contributed by atoms with van der Waals surface area (Å²) in [5.74, 6) is 0.101. The van der Waals surface area contributed by atoms with E-state index in [0.29, 0.717) is 22.7 Å². The number of hydrogen-bond acceptors (Lipinski definition) is 4. The number of carbonyl (C=O) groups is 2. The molecule has 162 valence electrons. The van der Waals surface area contributed by atoms with E-state index in [0.717, 1.165) is 27.1 Å². The van der Waals surface area contributed by atoms with E-state index in [2.05, 4.69) is 19.2 Å². The molecule has 0 bridgehead atoms. The van der Waals surface area contributed by atoms with Gasteiger partial charge < -0.3 is 15.8 Å². The molecule has 6 heteroatoms. The van der Waals surface area contributed by atoms with E-state index in [1.165, 1.54) is 11.3 Å². The molecule has 0 saturated heterocycles. The van der Waals surface area contributed by atoms with E-state index in [4.69, 9.17) is 10.5 Å². The number of carbonyl (C=O) groups excluding carboxylic acids is 2. The third-order valence-electron chi connectivity index (χ3n) is 5.10. The van der Waals surface area contributed by atoms with Gasteiger partial charge in [0.15, 0.2) is 6.61 Å². The summed E-state index contributed by atoms with van der Waals surface area (Å²) in [4.78, 5) is 25.7. The summed E-state index contributed by atoms with van der Waals surface area (Å²) in [6.07, 6.45) is 0.672. The standard InChI is InChI=1S/C25H28N2O3S/c1-15(2)19-11-10-16(3)12-20(19)30-14-22(28)27-25-23(24(26)29)17(4)21(31-25)13-18-8-6-5-7-9-18/h5-12,15H,13-14H2,1-4H3,(H2,26,29)(H,27,28). The van der Waals surface area contributed by atoms with Gasteiger partial charge in [0.25, 0.3) is 11.8 Å². The van der Waals surface area contributed by atoms with Crippen molar-refractivity contribution in [2.24, 2.45) is 5.73 Å². The van der Waals surface area contributed by atoms with Crippen LogP contribution in [0.4, 0.5) is 5.00 Å². The number of aryl methyl sites for hydroxylation is 1. The number of anilines is 1. The van der Waals surface area contributed by atoms with Crippen LogP contribution in [0.15, 0.2) is 48.5 Å². The highest BCUT2D eigenvalue weighted by molar-refractivity contribution is 7.17. The topological polar surface area (TPSA) is 81.4 Å². The summed E-state index contributed by atoms with van der Waals surface area (Å²) >= 11 is 1.38. The Balaban J connectivity index is 1.76. The Hall–Kier alpha value is -3.12. The van der Waals surface area contributed by atoms with Crippen LogP contribution >= 0.6 is 11.3 Å². The predicted octanol–water partition coefficient (Wildman–Crippen LogP) is 5.20. The number of benzene rings is 2. The van der Waals surface area contributed by atoms with Gasteiger partial charge in [-0.05, 0) is 48.1 Å². The Morgan fingerprint density at radius 1 is 1.10 bits per heavy atom. The molecule has 0 saturated carbocycles. The summed E-state index contributed by atoms with van der Waals surface area (Å²) in [5, 5.41) is 3.30. The molecule has 5 nitrogen and oxygen atoms in total. The number of rotatable bonds is 8. The van der Waals surface area contributed by atoms with Gasteiger partial charge in [-0.2, -0.15) is 0 Å². The minimum absolute atomic E-state index is 0.146. The van der Waals surface area contributed by atoms with Gasteiger partial charge in [-0.3, -0.25) is 9.59 Å². The maximum Gasteiger partial charge on any atom is 0.262 e. The van der Waals surface area contributed by atoms with Crippen molar-refractivity contribution in [2.75, 3.05) is 11.9 Å². The van der Waals surface area contributed by atoms with Gasteiger partial charge in [0.1, 0.15) is 10.8 Å². The van der Waals surface area contributed by atoms with Crippen LogP contribution in [0.2, 0.25) is 0 Å². The summed E-state index contributed by atoms with van der Waals surface area (Å²) in [6, 6.07) is 16.0. The highest BCUT2D eigenvalue weighted by Crippen LogP contribution is 2.34. The Morgan fingerprint density at radius 2 is 1.81 bits per heavy atom. The normalized spacial score (nSPS) is 10.9. The summed E-state index contributed by atoms with van der Waals surface area (Å²) < 4.78 is 5.82. The zero-order chi connectivity index (χ0) is 22.5. The fraction of sp³-hybridized carbons (Fsp3) is 0.280. The van der Waals surface area contributed by atoms with Crippen LogP contribution in [-0.4, -0.2) is 18.4 Å². The summed E-state index contributed by atoms with van der Waals surface area (Å²) in [7, 11) is 0. The van der Waals surface area contributed by atoms with Crippen molar-refractivity contribution in [1.82, 2.24) is 0 Å². The van der Waals surface area contributed by atoms with Crippen LogP contribution < -0.4 is 15.8 Å². The molecule has 0 unspecified atom stereocenters. The lowest BCUT2D eigenvalue weighted by atomic mass is 10.0. The highest BCUT2D eigenvalue weighted by Gasteiger charge is 2.21. The molecule has 3 aromatic rings. The smallest absolute Gasteiger partial charge is 0.262 e. The number of thiophene rings is 1. The van der Waals surface area contributed by atoms with Gasteiger partial charge in [-0.15, -0.1) is 11.3 Å². The van der Waals surface area contributed by atoms with Crippen molar-refractivity contribution in [3.05, 3.63) is 81.2 Å². The van der Waals surface area contributed by atoms with Gasteiger partial charge in [-0.1, -0.05) is 56.3 Å². The van der Waals surface area contributed by atoms with Gasteiger partial charge in [0, 0.05) is 11.3 Å². The molecule has 0 aliphatic carbocycles. The monoisotopic (exact) mass is 436 g/mol. The molecule has 3 rings (SSSR count). The Labute approximate surface area is 187 Å². The van der Waals surface area contributed by atoms with Crippen LogP contribution in [-0.2, 0) is 11.2 Å². The fourth-order valence-corrected chi connectivity index (χ4v) is 4.71. The molecular formula is C25H28N2O3S. The van der Waals surface area contributed by atoms with E-state index in [9.17, 15) is 9.59 Å². The Bertz CT molecular complexity index is 1090. The average Bonchev–Trinajstić information content (AvgIpc) is 3.01. The predicted molar refractivity (Wildman–Crippen MR) is 126 cm³/mol. The molecule has 0 atom stereocenters. The van der Waals surface area contributed by atoms with E-state index in [1.807, 2.05) is 62.4 Å². The lowest BCUT2D eigenvalue weighted by molar-refractivity contribution is -0.118. The maximum absolute atomic E-state index is 12.6. The van der Waals surface area contributed by atoms with Crippen LogP contribution in [0.3, 0.4) is 0 Å². The Morgan fingerprint density at radius 3 is 2.45 bits per heavy atom. The SMILES string of the molecule is Cc1ccc(C(C)C)c(OCC(=O)Nc2sc(Cc3ccccc3)c(C)c2C(N)=O)c1. The van der Waals surface area contributed by atoms with Gasteiger partial charge in [0.05, 0.1) is 5.56 Å². The minimum Gasteiger partial charge on any atom is -0.483 e. The molecule has 1 heterocycles. The van der Waals surface area contributed by atoms with Crippen molar-refractivity contribution in [1.29, 1.82) is 0 Å². The maximum atomic E-state index is 12.6.